The summed E-state index contributed by atoms with van der Waals surface area (Å²) in [6.07, 6.45) is 1.38. The Balaban J connectivity index is 1.48. The van der Waals surface area contributed by atoms with Gasteiger partial charge in [-0.3, -0.25) is 9.48 Å². The normalized spacial score (nSPS) is 17.5. The molecule has 1 atom stereocenters. The summed E-state index contributed by atoms with van der Waals surface area (Å²) in [5.74, 6) is 0.965. The van der Waals surface area contributed by atoms with Crippen molar-refractivity contribution in [2.45, 2.75) is 32.7 Å². The standard InChI is InChI=1S/C18H23N3O2/c1-14-12-15(2)21(19-14)16-8-10-20(13-16)18(22)9-11-23-17-6-4-3-5-7-17/h3-7,12,16H,8-11,13H2,1-2H3. The molecule has 0 spiro atoms. The molecule has 5 heteroatoms. The van der Waals surface area contributed by atoms with Gasteiger partial charge in [0, 0.05) is 18.8 Å². The Kier molecular flexibility index (Phi) is 4.65. The van der Waals surface area contributed by atoms with Crippen LogP contribution in [-0.4, -0.2) is 40.3 Å². The predicted octanol–water partition coefficient (Wildman–Crippen LogP) is 2.74. The minimum atomic E-state index is 0.157. The first-order chi connectivity index (χ1) is 11.1. The zero-order chi connectivity index (χ0) is 16.2. The molecule has 2 heterocycles. The molecule has 0 radical (unpaired) electrons. The van der Waals surface area contributed by atoms with Gasteiger partial charge in [-0.1, -0.05) is 18.2 Å². The number of nitrogens with zero attached hydrogens (tertiary/aromatic N) is 3. The van der Waals surface area contributed by atoms with E-state index in [0.717, 1.165) is 36.6 Å². The monoisotopic (exact) mass is 313 g/mol. The van der Waals surface area contributed by atoms with Gasteiger partial charge in [0.05, 0.1) is 24.8 Å². The van der Waals surface area contributed by atoms with Crippen molar-refractivity contribution in [1.29, 1.82) is 0 Å². The SMILES string of the molecule is Cc1cc(C)n(C2CCN(C(=O)CCOc3ccccc3)C2)n1. The van der Waals surface area contributed by atoms with Gasteiger partial charge in [-0.15, -0.1) is 0 Å². The molecule has 1 unspecified atom stereocenters. The summed E-state index contributed by atoms with van der Waals surface area (Å²) in [6.45, 7) is 6.03. The lowest BCUT2D eigenvalue weighted by molar-refractivity contribution is -0.130. The van der Waals surface area contributed by atoms with Crippen molar-refractivity contribution in [2.75, 3.05) is 19.7 Å². The van der Waals surface area contributed by atoms with Gasteiger partial charge in [0.2, 0.25) is 5.91 Å². The Labute approximate surface area is 136 Å². The minimum absolute atomic E-state index is 0.157. The summed E-state index contributed by atoms with van der Waals surface area (Å²) in [5.41, 5.74) is 2.19. The van der Waals surface area contributed by atoms with E-state index in [1.165, 1.54) is 0 Å². The molecule has 1 amide bonds. The molecule has 1 aromatic heterocycles. The van der Waals surface area contributed by atoms with Crippen LogP contribution in [0.2, 0.25) is 0 Å². The number of ether oxygens (including phenoxy) is 1. The smallest absolute Gasteiger partial charge is 0.226 e. The van der Waals surface area contributed by atoms with Crippen LogP contribution >= 0.6 is 0 Å². The second-order valence-corrected chi connectivity index (χ2v) is 6.07. The molecule has 3 rings (SSSR count). The zero-order valence-electron chi connectivity index (χ0n) is 13.7. The van der Waals surface area contributed by atoms with Crippen LogP contribution in [0.5, 0.6) is 5.75 Å². The van der Waals surface area contributed by atoms with E-state index in [4.69, 9.17) is 4.74 Å². The highest BCUT2D eigenvalue weighted by molar-refractivity contribution is 5.76. The van der Waals surface area contributed by atoms with E-state index < -0.39 is 0 Å². The van der Waals surface area contributed by atoms with Crippen molar-refractivity contribution in [3.8, 4) is 5.75 Å². The summed E-state index contributed by atoms with van der Waals surface area (Å²) in [4.78, 5) is 14.2. The first kappa shape index (κ1) is 15.6. The number of hydrogen-bond donors (Lipinski definition) is 0. The fraction of sp³-hybridized carbons (Fsp3) is 0.444. The number of amides is 1. The Morgan fingerprint density at radius 2 is 2.09 bits per heavy atom. The van der Waals surface area contributed by atoms with Crippen molar-refractivity contribution in [3.63, 3.8) is 0 Å². The number of para-hydroxylation sites is 1. The van der Waals surface area contributed by atoms with Crippen molar-refractivity contribution in [2.24, 2.45) is 0 Å². The lowest BCUT2D eigenvalue weighted by Gasteiger charge is -2.17. The molecular weight excluding hydrogens is 290 g/mol. The quantitative estimate of drug-likeness (QED) is 0.853. The molecule has 122 valence electrons. The third kappa shape index (κ3) is 3.73. The lowest BCUT2D eigenvalue weighted by Crippen LogP contribution is -2.30. The van der Waals surface area contributed by atoms with E-state index in [2.05, 4.69) is 22.8 Å². The van der Waals surface area contributed by atoms with Crippen molar-refractivity contribution in [1.82, 2.24) is 14.7 Å². The maximum Gasteiger partial charge on any atom is 0.226 e. The highest BCUT2D eigenvalue weighted by Crippen LogP contribution is 2.23. The van der Waals surface area contributed by atoms with Crippen LogP contribution in [0.1, 0.15) is 30.3 Å². The molecule has 23 heavy (non-hydrogen) atoms. The van der Waals surface area contributed by atoms with Gasteiger partial charge >= 0.3 is 0 Å². The minimum Gasteiger partial charge on any atom is -0.493 e. The first-order valence-electron chi connectivity index (χ1n) is 8.12. The summed E-state index contributed by atoms with van der Waals surface area (Å²) in [7, 11) is 0. The molecular formula is C18H23N3O2. The van der Waals surface area contributed by atoms with Crippen LogP contribution in [-0.2, 0) is 4.79 Å². The Morgan fingerprint density at radius 3 is 2.78 bits per heavy atom. The maximum atomic E-state index is 12.3. The number of benzene rings is 1. The van der Waals surface area contributed by atoms with E-state index in [1.807, 2.05) is 42.2 Å². The van der Waals surface area contributed by atoms with Crippen molar-refractivity contribution < 1.29 is 9.53 Å². The largest absolute Gasteiger partial charge is 0.493 e. The van der Waals surface area contributed by atoms with Gasteiger partial charge in [-0.05, 0) is 38.5 Å². The Morgan fingerprint density at radius 1 is 1.30 bits per heavy atom. The first-order valence-corrected chi connectivity index (χ1v) is 8.12. The lowest BCUT2D eigenvalue weighted by atomic mass is 10.2. The highest BCUT2D eigenvalue weighted by atomic mass is 16.5. The molecule has 2 aromatic rings. The molecule has 1 saturated heterocycles. The third-order valence-corrected chi connectivity index (χ3v) is 4.23. The van der Waals surface area contributed by atoms with Crippen LogP contribution in [0.15, 0.2) is 36.4 Å². The predicted molar refractivity (Wildman–Crippen MR) is 88.5 cm³/mol. The van der Waals surface area contributed by atoms with E-state index >= 15 is 0 Å². The number of aromatic nitrogens is 2. The molecule has 0 saturated carbocycles. The van der Waals surface area contributed by atoms with Gasteiger partial charge in [-0.2, -0.15) is 5.10 Å². The summed E-state index contributed by atoms with van der Waals surface area (Å²) in [5, 5.41) is 4.54. The van der Waals surface area contributed by atoms with E-state index in [-0.39, 0.29) is 5.91 Å². The highest BCUT2D eigenvalue weighted by Gasteiger charge is 2.28. The number of rotatable bonds is 5. The van der Waals surface area contributed by atoms with Gasteiger partial charge in [0.15, 0.2) is 0 Å². The number of carbonyl (C=O) groups excluding carboxylic acids is 1. The average Bonchev–Trinajstić information content (AvgIpc) is 3.14. The molecule has 0 N–H and O–H groups in total. The van der Waals surface area contributed by atoms with E-state index in [9.17, 15) is 4.79 Å². The molecule has 1 aliphatic heterocycles. The number of carbonyl (C=O) groups is 1. The molecule has 5 nitrogen and oxygen atoms in total. The summed E-state index contributed by atoms with van der Waals surface area (Å²) < 4.78 is 7.66. The average molecular weight is 313 g/mol. The molecule has 1 aromatic carbocycles. The van der Waals surface area contributed by atoms with Gasteiger partial charge in [0.25, 0.3) is 0 Å². The van der Waals surface area contributed by atoms with E-state index in [0.29, 0.717) is 19.1 Å². The molecule has 0 aliphatic carbocycles. The van der Waals surface area contributed by atoms with E-state index in [1.54, 1.807) is 0 Å². The summed E-state index contributed by atoms with van der Waals surface area (Å²) >= 11 is 0. The number of likely N-dealkylation sites (tertiary alicyclic amines) is 1. The van der Waals surface area contributed by atoms with Crippen LogP contribution in [0.3, 0.4) is 0 Å². The Bertz CT molecular complexity index is 666. The summed E-state index contributed by atoms with van der Waals surface area (Å²) in [6, 6.07) is 12.0. The van der Waals surface area contributed by atoms with Crippen LogP contribution in [0, 0.1) is 13.8 Å². The second-order valence-electron chi connectivity index (χ2n) is 6.07. The van der Waals surface area contributed by atoms with Crippen molar-refractivity contribution >= 4 is 5.91 Å². The topological polar surface area (TPSA) is 47.4 Å². The fourth-order valence-electron chi connectivity index (χ4n) is 3.11. The Hall–Kier alpha value is -2.30. The molecule has 0 bridgehead atoms. The maximum absolute atomic E-state index is 12.3. The fourth-order valence-corrected chi connectivity index (χ4v) is 3.11. The number of hydrogen-bond acceptors (Lipinski definition) is 3. The molecule has 1 aliphatic rings. The second kappa shape index (κ2) is 6.86. The van der Waals surface area contributed by atoms with Gasteiger partial charge in [-0.25, -0.2) is 0 Å². The van der Waals surface area contributed by atoms with Crippen molar-refractivity contribution in [3.05, 3.63) is 47.8 Å². The van der Waals surface area contributed by atoms with Gasteiger partial charge in [0.1, 0.15) is 5.75 Å². The van der Waals surface area contributed by atoms with Crippen LogP contribution in [0.4, 0.5) is 0 Å². The zero-order valence-corrected chi connectivity index (χ0v) is 13.7. The van der Waals surface area contributed by atoms with Crippen LogP contribution < -0.4 is 4.74 Å². The molecule has 1 fully saturated rings. The van der Waals surface area contributed by atoms with Crippen LogP contribution in [0.25, 0.3) is 0 Å². The third-order valence-electron chi connectivity index (χ3n) is 4.23. The number of aryl methyl sites for hydroxylation is 2. The van der Waals surface area contributed by atoms with Gasteiger partial charge < -0.3 is 9.64 Å².